The van der Waals surface area contributed by atoms with Crippen LogP contribution in [-0.4, -0.2) is 68.3 Å². The van der Waals surface area contributed by atoms with Crippen molar-refractivity contribution in [3.05, 3.63) is 35.0 Å². The molecule has 0 spiro atoms. The summed E-state index contributed by atoms with van der Waals surface area (Å²) in [5.41, 5.74) is 4.06. The number of allylic oxidation sites excluding steroid dienone is 1. The standard InChI is InChI=1S/C25H31N7O3S/c1-25(2,13-27-24(33)35-3)31-22-20-19(6-7-36(20)34)29-23(30-22)32-11-16-8-15(9-17(16)12-32)21-26-10-14-4-5-18(14)28-21/h8,10,16-17H,4-7,9,11-13H2,1-3H3,(H,27,33)(H,29,30,31)/t16-,17+,36+/m1/s1. The van der Waals surface area contributed by atoms with Crippen molar-refractivity contribution >= 4 is 34.2 Å². The van der Waals surface area contributed by atoms with Gasteiger partial charge in [-0.05, 0) is 56.1 Å². The minimum Gasteiger partial charge on any atom is -0.453 e. The lowest BCUT2D eigenvalue weighted by Gasteiger charge is -2.28. The van der Waals surface area contributed by atoms with Gasteiger partial charge in [-0.25, -0.2) is 19.7 Å². The van der Waals surface area contributed by atoms with E-state index in [0.717, 1.165) is 43.9 Å². The molecule has 11 heteroatoms. The van der Waals surface area contributed by atoms with Gasteiger partial charge in [0.1, 0.15) is 10.7 Å². The second-order valence-electron chi connectivity index (χ2n) is 10.7. The number of carbonyl (C=O) groups is 1. The van der Waals surface area contributed by atoms with Gasteiger partial charge in [-0.15, -0.1) is 0 Å². The predicted molar refractivity (Wildman–Crippen MR) is 136 cm³/mol. The Morgan fingerprint density at radius 1 is 1.19 bits per heavy atom. The number of alkyl carbamates (subject to hydrolysis) is 1. The number of fused-ring (bicyclic) bond motifs is 3. The number of methoxy groups -OCH3 is 1. The van der Waals surface area contributed by atoms with Gasteiger partial charge in [0.15, 0.2) is 5.82 Å². The summed E-state index contributed by atoms with van der Waals surface area (Å²) >= 11 is 0. The molecule has 0 saturated carbocycles. The molecule has 0 aromatic carbocycles. The lowest BCUT2D eigenvalue weighted by atomic mass is 9.95. The third-order valence-electron chi connectivity index (χ3n) is 7.54. The number of nitrogens with zero attached hydrogens (tertiary/aromatic N) is 5. The minimum absolute atomic E-state index is 0.326. The van der Waals surface area contributed by atoms with E-state index < -0.39 is 22.4 Å². The SMILES string of the molecule is COC(=O)NCC(C)(C)Nc1nc(N2C[C@@H]3CC(c4ncc5c(n4)CC5)=C[C@@H]3C2)nc2c1[S@@](=O)CC2. The highest BCUT2D eigenvalue weighted by atomic mass is 32.2. The van der Waals surface area contributed by atoms with Crippen LogP contribution in [0.5, 0.6) is 0 Å². The molecule has 2 aromatic heterocycles. The van der Waals surface area contributed by atoms with Gasteiger partial charge in [0.25, 0.3) is 0 Å². The third-order valence-corrected chi connectivity index (χ3v) is 9.00. The maximum atomic E-state index is 12.8. The van der Waals surface area contributed by atoms with E-state index in [4.69, 9.17) is 15.0 Å². The summed E-state index contributed by atoms with van der Waals surface area (Å²) in [4.78, 5) is 33.6. The Kier molecular flexibility index (Phi) is 5.70. The van der Waals surface area contributed by atoms with Gasteiger partial charge in [-0.3, -0.25) is 4.21 Å². The van der Waals surface area contributed by atoms with Gasteiger partial charge in [-0.2, -0.15) is 4.98 Å². The highest BCUT2D eigenvalue weighted by Crippen LogP contribution is 2.42. The zero-order valence-electron chi connectivity index (χ0n) is 20.8. The number of aromatic nitrogens is 4. The van der Waals surface area contributed by atoms with Crippen molar-refractivity contribution in [2.45, 2.75) is 50.0 Å². The Hall–Kier alpha value is -3.08. The fraction of sp³-hybridized carbons (Fsp3) is 0.560. The van der Waals surface area contributed by atoms with Gasteiger partial charge in [0.2, 0.25) is 5.95 Å². The third kappa shape index (κ3) is 4.23. The van der Waals surface area contributed by atoms with Crippen LogP contribution in [0.2, 0.25) is 0 Å². The van der Waals surface area contributed by atoms with Crippen LogP contribution in [0, 0.1) is 11.8 Å². The molecule has 3 atom stereocenters. The molecular weight excluding hydrogens is 478 g/mol. The zero-order chi connectivity index (χ0) is 25.0. The maximum Gasteiger partial charge on any atom is 0.406 e. The van der Waals surface area contributed by atoms with Crippen molar-refractivity contribution in [1.82, 2.24) is 25.3 Å². The Bertz CT molecular complexity index is 1290. The fourth-order valence-corrected chi connectivity index (χ4v) is 6.78. The quantitative estimate of drug-likeness (QED) is 0.603. The molecule has 2 aromatic rings. The van der Waals surface area contributed by atoms with E-state index in [1.165, 1.54) is 23.9 Å². The molecule has 10 nitrogen and oxygen atoms in total. The van der Waals surface area contributed by atoms with E-state index in [-0.39, 0.29) is 0 Å². The van der Waals surface area contributed by atoms with Gasteiger partial charge < -0.3 is 20.3 Å². The number of nitrogens with one attached hydrogen (secondary N) is 2. The van der Waals surface area contributed by atoms with Crippen LogP contribution < -0.4 is 15.5 Å². The average molecular weight is 510 g/mol. The molecule has 0 radical (unpaired) electrons. The topological polar surface area (TPSA) is 122 Å². The number of hydrogen-bond donors (Lipinski definition) is 2. The number of rotatable bonds is 6. The van der Waals surface area contributed by atoms with Crippen molar-refractivity contribution in [3.63, 3.8) is 0 Å². The minimum atomic E-state index is -1.14. The average Bonchev–Trinajstić information content (AvgIpc) is 3.51. The molecule has 36 heavy (non-hydrogen) atoms. The number of ether oxygens (including phenoxy) is 1. The summed E-state index contributed by atoms with van der Waals surface area (Å²) in [5.74, 6) is 3.61. The van der Waals surface area contributed by atoms with E-state index in [2.05, 4.69) is 31.3 Å². The molecular formula is C25H31N7O3S. The number of aryl methyl sites for hydroxylation is 3. The Balaban J connectivity index is 1.21. The molecule has 4 heterocycles. The summed E-state index contributed by atoms with van der Waals surface area (Å²) in [6.07, 6.45) is 7.63. The first-order valence-corrected chi connectivity index (χ1v) is 13.8. The van der Waals surface area contributed by atoms with E-state index in [0.29, 0.717) is 47.2 Å². The van der Waals surface area contributed by atoms with Crippen molar-refractivity contribution in [2.75, 3.05) is 42.7 Å². The van der Waals surface area contributed by atoms with Crippen molar-refractivity contribution < 1.29 is 13.7 Å². The van der Waals surface area contributed by atoms with Crippen LogP contribution >= 0.6 is 0 Å². The Labute approximate surface area is 212 Å². The lowest BCUT2D eigenvalue weighted by molar-refractivity contribution is 0.169. The fourth-order valence-electron chi connectivity index (χ4n) is 5.48. The molecule has 2 aliphatic carbocycles. The van der Waals surface area contributed by atoms with Crippen LogP contribution in [0.1, 0.15) is 43.0 Å². The van der Waals surface area contributed by atoms with E-state index >= 15 is 0 Å². The second kappa shape index (κ2) is 8.79. The molecule has 1 fully saturated rings. The number of anilines is 2. The predicted octanol–water partition coefficient (Wildman–Crippen LogP) is 2.12. The smallest absolute Gasteiger partial charge is 0.406 e. The molecule has 2 aliphatic heterocycles. The summed E-state index contributed by atoms with van der Waals surface area (Å²) in [6.45, 7) is 5.95. The van der Waals surface area contributed by atoms with E-state index in [1.54, 1.807) is 0 Å². The Morgan fingerprint density at radius 2 is 2.06 bits per heavy atom. The normalized spacial score (nSPS) is 23.9. The summed E-state index contributed by atoms with van der Waals surface area (Å²) in [7, 11) is 0.198. The number of hydrogen-bond acceptors (Lipinski definition) is 9. The van der Waals surface area contributed by atoms with Crippen molar-refractivity contribution in [3.8, 4) is 0 Å². The maximum absolute atomic E-state index is 12.8. The summed E-state index contributed by atoms with van der Waals surface area (Å²) in [5, 5.41) is 6.14. The molecule has 6 rings (SSSR count). The second-order valence-corrected chi connectivity index (χ2v) is 12.2. The highest BCUT2D eigenvalue weighted by Gasteiger charge is 2.39. The van der Waals surface area contributed by atoms with Gasteiger partial charge in [0.05, 0.1) is 29.1 Å². The first kappa shape index (κ1) is 23.3. The first-order chi connectivity index (χ1) is 17.3. The molecule has 1 saturated heterocycles. The Morgan fingerprint density at radius 3 is 2.78 bits per heavy atom. The number of carbonyl (C=O) groups excluding carboxylic acids is 1. The summed E-state index contributed by atoms with van der Waals surface area (Å²) in [6, 6.07) is 0. The van der Waals surface area contributed by atoms with Crippen LogP contribution in [0.15, 0.2) is 17.2 Å². The molecule has 4 aliphatic rings. The number of amides is 1. The van der Waals surface area contributed by atoms with Crippen molar-refractivity contribution in [1.29, 1.82) is 0 Å². The highest BCUT2D eigenvalue weighted by molar-refractivity contribution is 7.85. The van der Waals surface area contributed by atoms with E-state index in [9.17, 15) is 9.00 Å². The molecule has 1 amide bonds. The lowest BCUT2D eigenvalue weighted by Crippen LogP contribution is -2.44. The first-order valence-electron chi connectivity index (χ1n) is 12.5. The monoisotopic (exact) mass is 509 g/mol. The van der Waals surface area contributed by atoms with Crippen LogP contribution in [0.3, 0.4) is 0 Å². The molecule has 2 N–H and O–H groups in total. The van der Waals surface area contributed by atoms with Crippen molar-refractivity contribution in [2.24, 2.45) is 11.8 Å². The molecule has 190 valence electrons. The van der Waals surface area contributed by atoms with Crippen LogP contribution in [0.4, 0.5) is 16.6 Å². The zero-order valence-corrected chi connectivity index (χ0v) is 21.7. The van der Waals surface area contributed by atoms with Crippen LogP contribution in [-0.2, 0) is 34.8 Å². The van der Waals surface area contributed by atoms with Gasteiger partial charge >= 0.3 is 6.09 Å². The van der Waals surface area contributed by atoms with Crippen LogP contribution in [0.25, 0.3) is 5.57 Å². The largest absolute Gasteiger partial charge is 0.453 e. The van der Waals surface area contributed by atoms with Gasteiger partial charge in [0, 0.05) is 43.7 Å². The van der Waals surface area contributed by atoms with Gasteiger partial charge in [-0.1, -0.05) is 6.08 Å². The molecule has 0 bridgehead atoms. The van der Waals surface area contributed by atoms with E-state index in [1.807, 2.05) is 20.0 Å². The molecule has 0 unspecified atom stereocenters. The summed E-state index contributed by atoms with van der Waals surface area (Å²) < 4.78 is 17.5.